The predicted octanol–water partition coefficient (Wildman–Crippen LogP) is 2.03. The van der Waals surface area contributed by atoms with Gasteiger partial charge < -0.3 is 10.5 Å². The smallest absolute Gasteiger partial charge is 0.173 e. The molecule has 1 aromatic heterocycles. The third kappa shape index (κ3) is 5.35. The van der Waals surface area contributed by atoms with Gasteiger partial charge in [-0.05, 0) is 17.9 Å². The fourth-order valence-electron chi connectivity index (χ4n) is 0.857. The Morgan fingerprint density at radius 3 is 2.80 bits per heavy atom. The quantitative estimate of drug-likeness (QED) is 0.501. The molecule has 4 nitrogen and oxygen atoms in total. The van der Waals surface area contributed by atoms with Gasteiger partial charge in [-0.25, -0.2) is 4.98 Å². The number of nitriles is 1. The normalized spacial score (nSPS) is 8.40. The first-order chi connectivity index (χ1) is 7.19. The molecular formula is C9H12ClN3OS. The molecule has 0 atom stereocenters. The summed E-state index contributed by atoms with van der Waals surface area (Å²) in [6.07, 6.45) is 5.06. The van der Waals surface area contributed by atoms with Crippen molar-refractivity contribution in [1.82, 2.24) is 4.98 Å². The van der Waals surface area contributed by atoms with Crippen LogP contribution in [0.2, 0.25) is 5.15 Å². The molecular weight excluding hydrogens is 234 g/mol. The topological polar surface area (TPSA) is 71.9 Å². The second kappa shape index (κ2) is 8.21. The Balaban J connectivity index is 0.000000583. The molecule has 1 rings (SSSR count). The molecule has 0 bridgehead atoms. The van der Waals surface area contributed by atoms with Crippen molar-refractivity contribution in [3.63, 3.8) is 0 Å². The van der Waals surface area contributed by atoms with E-state index in [1.54, 1.807) is 25.1 Å². The summed E-state index contributed by atoms with van der Waals surface area (Å²) in [6, 6.07) is 1.91. The Labute approximate surface area is 98.4 Å². The molecule has 1 heterocycles. The second-order valence-corrected chi connectivity index (χ2v) is 3.62. The molecule has 0 aromatic carbocycles. The number of ether oxygens (including phenoxy) is 1. The zero-order valence-corrected chi connectivity index (χ0v) is 10.1. The molecule has 0 saturated carbocycles. The SMILES string of the molecule is COc1cc(CSC)cnc1Cl.N#CN. The number of hydrogen-bond acceptors (Lipinski definition) is 5. The Bertz CT molecular complexity index is 341. The first kappa shape index (κ1) is 13.9. The van der Waals surface area contributed by atoms with Gasteiger partial charge in [-0.3, -0.25) is 0 Å². The second-order valence-electron chi connectivity index (χ2n) is 2.40. The van der Waals surface area contributed by atoms with Crippen LogP contribution in [0.3, 0.4) is 0 Å². The van der Waals surface area contributed by atoms with Crippen LogP contribution in [0.25, 0.3) is 0 Å². The van der Waals surface area contributed by atoms with Crippen LogP contribution in [0, 0.1) is 11.5 Å². The van der Waals surface area contributed by atoms with E-state index in [2.05, 4.69) is 10.7 Å². The lowest BCUT2D eigenvalue weighted by Gasteiger charge is -2.03. The molecule has 0 spiro atoms. The van der Waals surface area contributed by atoms with Crippen molar-refractivity contribution in [3.05, 3.63) is 23.0 Å². The lowest BCUT2D eigenvalue weighted by atomic mass is 10.3. The van der Waals surface area contributed by atoms with E-state index in [1.807, 2.05) is 12.3 Å². The van der Waals surface area contributed by atoms with Crippen LogP contribution in [-0.2, 0) is 5.75 Å². The lowest BCUT2D eigenvalue weighted by molar-refractivity contribution is 0.413. The van der Waals surface area contributed by atoms with Gasteiger partial charge in [0.1, 0.15) is 0 Å². The van der Waals surface area contributed by atoms with Crippen molar-refractivity contribution < 1.29 is 4.74 Å². The lowest BCUT2D eigenvalue weighted by Crippen LogP contribution is -1.89. The van der Waals surface area contributed by atoms with Crippen molar-refractivity contribution in [2.45, 2.75) is 5.75 Å². The first-order valence-corrected chi connectivity index (χ1v) is 5.73. The maximum Gasteiger partial charge on any atom is 0.173 e. The minimum atomic E-state index is 0.419. The fraction of sp³-hybridized carbons (Fsp3) is 0.333. The summed E-state index contributed by atoms with van der Waals surface area (Å²) in [7, 11) is 1.59. The van der Waals surface area contributed by atoms with E-state index in [9.17, 15) is 0 Å². The van der Waals surface area contributed by atoms with Gasteiger partial charge in [0.2, 0.25) is 0 Å². The highest BCUT2D eigenvalue weighted by molar-refractivity contribution is 7.97. The summed E-state index contributed by atoms with van der Waals surface area (Å²) < 4.78 is 5.03. The van der Waals surface area contributed by atoms with Crippen LogP contribution in [0.15, 0.2) is 12.3 Å². The van der Waals surface area contributed by atoms with Gasteiger partial charge >= 0.3 is 0 Å². The fourth-order valence-corrected chi connectivity index (χ4v) is 1.53. The number of aromatic nitrogens is 1. The number of halogens is 1. The van der Waals surface area contributed by atoms with Gasteiger partial charge in [-0.1, -0.05) is 11.6 Å². The molecule has 0 aliphatic heterocycles. The van der Waals surface area contributed by atoms with Crippen molar-refractivity contribution in [1.29, 1.82) is 5.26 Å². The summed E-state index contributed by atoms with van der Waals surface area (Å²) >= 11 is 7.49. The number of hydrogen-bond donors (Lipinski definition) is 1. The maximum absolute atomic E-state index is 7.10. The largest absolute Gasteiger partial charge is 0.494 e. The Hall–Kier alpha value is -1.12. The van der Waals surface area contributed by atoms with Gasteiger partial charge in [0.15, 0.2) is 17.1 Å². The van der Waals surface area contributed by atoms with E-state index in [0.29, 0.717) is 10.9 Å². The Morgan fingerprint density at radius 2 is 2.33 bits per heavy atom. The van der Waals surface area contributed by atoms with Crippen LogP contribution >= 0.6 is 23.4 Å². The zero-order valence-electron chi connectivity index (χ0n) is 8.53. The van der Waals surface area contributed by atoms with Crippen molar-refractivity contribution in [2.75, 3.05) is 13.4 Å². The van der Waals surface area contributed by atoms with E-state index in [-0.39, 0.29) is 0 Å². The number of thioether (sulfide) groups is 1. The zero-order chi connectivity index (χ0) is 11.7. The Morgan fingerprint density at radius 1 is 1.73 bits per heavy atom. The van der Waals surface area contributed by atoms with Crippen LogP contribution in [0.4, 0.5) is 0 Å². The summed E-state index contributed by atoms with van der Waals surface area (Å²) in [5.41, 5.74) is 5.28. The van der Waals surface area contributed by atoms with Gasteiger partial charge in [0.25, 0.3) is 0 Å². The number of rotatable bonds is 3. The highest BCUT2D eigenvalue weighted by atomic mass is 35.5. The van der Waals surface area contributed by atoms with Gasteiger partial charge in [-0.15, -0.1) is 0 Å². The Kier molecular flexibility index (Phi) is 7.60. The molecule has 1 aromatic rings. The monoisotopic (exact) mass is 245 g/mol. The number of nitrogens with zero attached hydrogens (tertiary/aromatic N) is 2. The van der Waals surface area contributed by atoms with Crippen molar-refractivity contribution in [2.24, 2.45) is 5.73 Å². The van der Waals surface area contributed by atoms with Crippen molar-refractivity contribution >= 4 is 23.4 Å². The van der Waals surface area contributed by atoms with E-state index in [4.69, 9.17) is 21.6 Å². The van der Waals surface area contributed by atoms with Gasteiger partial charge in [-0.2, -0.15) is 17.0 Å². The number of methoxy groups -OCH3 is 1. The number of nitrogens with two attached hydrogens (primary N) is 1. The molecule has 0 fully saturated rings. The van der Waals surface area contributed by atoms with Crippen LogP contribution in [-0.4, -0.2) is 18.3 Å². The van der Waals surface area contributed by atoms with Crippen molar-refractivity contribution in [3.8, 4) is 11.9 Å². The average Bonchev–Trinajstić information content (AvgIpc) is 2.22. The summed E-state index contributed by atoms with van der Waals surface area (Å²) in [4.78, 5) is 4.00. The molecule has 82 valence electrons. The van der Waals surface area contributed by atoms with Crippen LogP contribution in [0.5, 0.6) is 5.75 Å². The predicted molar refractivity (Wildman–Crippen MR) is 62.8 cm³/mol. The molecule has 0 radical (unpaired) electrons. The molecule has 0 aliphatic carbocycles. The molecule has 0 unspecified atom stereocenters. The average molecular weight is 246 g/mol. The minimum absolute atomic E-state index is 0.419. The van der Waals surface area contributed by atoms with E-state index in [0.717, 1.165) is 11.3 Å². The highest BCUT2D eigenvalue weighted by Crippen LogP contribution is 2.23. The molecule has 0 amide bonds. The molecule has 0 saturated heterocycles. The third-order valence-corrected chi connectivity index (χ3v) is 2.30. The van der Waals surface area contributed by atoms with E-state index in [1.165, 1.54) is 6.19 Å². The van der Waals surface area contributed by atoms with Crippen LogP contribution < -0.4 is 10.5 Å². The summed E-state index contributed by atoms with van der Waals surface area (Å²) in [5, 5.41) is 7.52. The first-order valence-electron chi connectivity index (χ1n) is 3.96. The van der Waals surface area contributed by atoms with E-state index >= 15 is 0 Å². The van der Waals surface area contributed by atoms with Crippen LogP contribution in [0.1, 0.15) is 5.56 Å². The van der Waals surface area contributed by atoms with E-state index < -0.39 is 0 Å². The summed E-state index contributed by atoms with van der Waals surface area (Å²) in [6.45, 7) is 0. The number of pyridine rings is 1. The summed E-state index contributed by atoms with van der Waals surface area (Å²) in [5.74, 6) is 1.57. The molecule has 6 heteroatoms. The standard InChI is InChI=1S/C8H10ClNOS.CH2N2/c1-11-7-3-6(5-12-2)4-10-8(7)9;2-1-3/h3-4H,5H2,1-2H3;2H2. The molecule has 15 heavy (non-hydrogen) atoms. The van der Waals surface area contributed by atoms with Gasteiger partial charge in [0, 0.05) is 11.9 Å². The minimum Gasteiger partial charge on any atom is -0.494 e. The molecule has 2 N–H and O–H groups in total. The highest BCUT2D eigenvalue weighted by Gasteiger charge is 2.02. The molecule has 0 aliphatic rings. The maximum atomic E-state index is 7.10. The van der Waals surface area contributed by atoms with Gasteiger partial charge in [0.05, 0.1) is 7.11 Å². The third-order valence-electron chi connectivity index (χ3n) is 1.39.